The zero-order valence-corrected chi connectivity index (χ0v) is 10.7. The van der Waals surface area contributed by atoms with Crippen molar-refractivity contribution >= 4 is 5.91 Å². The maximum absolute atomic E-state index is 12.2. The molecule has 2 rings (SSSR count). The summed E-state index contributed by atoms with van der Waals surface area (Å²) in [6, 6.07) is 11.2. The Morgan fingerprint density at radius 1 is 1.37 bits per heavy atom. The molecule has 19 heavy (non-hydrogen) atoms. The van der Waals surface area contributed by atoms with Crippen molar-refractivity contribution in [2.24, 2.45) is 0 Å². The molecule has 0 spiro atoms. The molecule has 100 valence electrons. The largest absolute Gasteiger partial charge is 0.395 e. The molecule has 0 bridgehead atoms. The number of hydrogen-bond acceptors (Lipinski definition) is 4. The van der Waals surface area contributed by atoms with Gasteiger partial charge >= 0.3 is 0 Å². The number of rotatable bonds is 5. The van der Waals surface area contributed by atoms with E-state index in [1.54, 1.807) is 17.9 Å². The molecule has 0 radical (unpaired) electrons. The van der Waals surface area contributed by atoms with Crippen molar-refractivity contribution in [2.45, 2.75) is 13.5 Å². The zero-order chi connectivity index (χ0) is 13.7. The van der Waals surface area contributed by atoms with E-state index in [9.17, 15) is 4.79 Å². The molecule has 0 aliphatic rings. The lowest BCUT2D eigenvalue weighted by atomic mass is 10.2. The number of aliphatic hydroxyl groups excluding tert-OH is 1. The van der Waals surface area contributed by atoms with Crippen LogP contribution in [-0.2, 0) is 6.54 Å². The summed E-state index contributed by atoms with van der Waals surface area (Å²) < 4.78 is 4.90. The van der Waals surface area contributed by atoms with Crippen molar-refractivity contribution in [2.75, 3.05) is 13.2 Å². The molecule has 0 aliphatic heterocycles. The summed E-state index contributed by atoms with van der Waals surface area (Å²) in [4.78, 5) is 13.8. The SMILES string of the molecule is Cc1cc(C(=O)N(CCO)Cc2ccccc2)no1. The zero-order valence-electron chi connectivity index (χ0n) is 10.7. The van der Waals surface area contributed by atoms with E-state index in [0.717, 1.165) is 5.56 Å². The molecule has 0 atom stereocenters. The summed E-state index contributed by atoms with van der Waals surface area (Å²) in [5, 5.41) is 12.8. The molecule has 1 aromatic heterocycles. The van der Waals surface area contributed by atoms with Crippen molar-refractivity contribution in [3.05, 3.63) is 53.4 Å². The normalized spacial score (nSPS) is 10.4. The second-order valence-electron chi connectivity index (χ2n) is 4.26. The highest BCUT2D eigenvalue weighted by atomic mass is 16.5. The minimum Gasteiger partial charge on any atom is -0.395 e. The molecule has 1 heterocycles. The molecule has 1 aromatic carbocycles. The van der Waals surface area contributed by atoms with Crippen LogP contribution in [0.1, 0.15) is 21.8 Å². The third-order valence-electron chi connectivity index (χ3n) is 2.72. The van der Waals surface area contributed by atoms with E-state index < -0.39 is 0 Å². The molecule has 2 aromatic rings. The van der Waals surface area contributed by atoms with Crippen molar-refractivity contribution in [1.82, 2.24) is 10.1 Å². The lowest BCUT2D eigenvalue weighted by molar-refractivity contribution is 0.0697. The standard InChI is InChI=1S/C14H16N2O3/c1-11-9-13(15-19-11)14(18)16(7-8-17)10-12-5-3-2-4-6-12/h2-6,9,17H,7-8,10H2,1H3. The van der Waals surface area contributed by atoms with Crippen LogP contribution in [0.2, 0.25) is 0 Å². The van der Waals surface area contributed by atoms with Gasteiger partial charge in [-0.05, 0) is 12.5 Å². The number of amides is 1. The second-order valence-corrected chi connectivity index (χ2v) is 4.26. The van der Waals surface area contributed by atoms with Gasteiger partial charge < -0.3 is 14.5 Å². The van der Waals surface area contributed by atoms with Crippen molar-refractivity contribution in [1.29, 1.82) is 0 Å². The lowest BCUT2D eigenvalue weighted by Gasteiger charge is -2.20. The fourth-order valence-corrected chi connectivity index (χ4v) is 1.81. The lowest BCUT2D eigenvalue weighted by Crippen LogP contribution is -2.33. The number of aliphatic hydroxyl groups is 1. The van der Waals surface area contributed by atoms with Crippen LogP contribution in [0.4, 0.5) is 0 Å². The van der Waals surface area contributed by atoms with E-state index in [1.165, 1.54) is 0 Å². The summed E-state index contributed by atoms with van der Waals surface area (Å²) in [6.45, 7) is 2.35. The number of carbonyl (C=O) groups is 1. The number of aryl methyl sites for hydroxylation is 1. The van der Waals surface area contributed by atoms with Crippen molar-refractivity contribution < 1.29 is 14.4 Å². The van der Waals surface area contributed by atoms with Crippen LogP contribution in [0.3, 0.4) is 0 Å². The van der Waals surface area contributed by atoms with E-state index in [1.807, 2.05) is 30.3 Å². The van der Waals surface area contributed by atoms with Crippen LogP contribution in [0.15, 0.2) is 40.9 Å². The number of carbonyl (C=O) groups excluding carboxylic acids is 1. The molecule has 0 saturated carbocycles. The Bertz CT molecular complexity index is 537. The number of nitrogens with zero attached hydrogens (tertiary/aromatic N) is 2. The summed E-state index contributed by atoms with van der Waals surface area (Å²) in [6.07, 6.45) is 0. The van der Waals surface area contributed by atoms with Gasteiger partial charge in [-0.3, -0.25) is 4.79 Å². The molecular formula is C14H16N2O3. The van der Waals surface area contributed by atoms with Crippen molar-refractivity contribution in [3.63, 3.8) is 0 Å². The molecule has 5 nitrogen and oxygen atoms in total. The van der Waals surface area contributed by atoms with Gasteiger partial charge in [0.05, 0.1) is 6.61 Å². The Labute approximate surface area is 111 Å². The fraction of sp³-hybridized carbons (Fsp3) is 0.286. The number of aromatic nitrogens is 1. The smallest absolute Gasteiger partial charge is 0.276 e. The summed E-state index contributed by atoms with van der Waals surface area (Å²) >= 11 is 0. The van der Waals surface area contributed by atoms with Crippen LogP contribution in [-0.4, -0.2) is 34.2 Å². The van der Waals surface area contributed by atoms with E-state index in [0.29, 0.717) is 12.3 Å². The Morgan fingerprint density at radius 3 is 2.68 bits per heavy atom. The summed E-state index contributed by atoms with van der Waals surface area (Å²) in [7, 11) is 0. The Morgan fingerprint density at radius 2 is 2.11 bits per heavy atom. The third kappa shape index (κ3) is 3.42. The molecule has 1 N–H and O–H groups in total. The van der Waals surface area contributed by atoms with E-state index in [2.05, 4.69) is 5.16 Å². The predicted octanol–water partition coefficient (Wildman–Crippen LogP) is 1.62. The fourth-order valence-electron chi connectivity index (χ4n) is 1.81. The Balaban J connectivity index is 2.13. The first kappa shape index (κ1) is 13.3. The first-order chi connectivity index (χ1) is 9.20. The minimum absolute atomic E-state index is 0.0879. The highest BCUT2D eigenvalue weighted by Gasteiger charge is 2.19. The van der Waals surface area contributed by atoms with E-state index in [4.69, 9.17) is 9.63 Å². The van der Waals surface area contributed by atoms with Crippen LogP contribution < -0.4 is 0 Å². The molecule has 0 saturated heterocycles. The first-order valence-electron chi connectivity index (χ1n) is 6.08. The van der Waals surface area contributed by atoms with Gasteiger partial charge in [0, 0.05) is 19.2 Å². The topological polar surface area (TPSA) is 66.6 Å². The monoisotopic (exact) mass is 260 g/mol. The van der Waals surface area contributed by atoms with Gasteiger partial charge in [-0.1, -0.05) is 35.5 Å². The molecule has 0 aliphatic carbocycles. The molecule has 5 heteroatoms. The van der Waals surface area contributed by atoms with Crippen LogP contribution in [0.5, 0.6) is 0 Å². The van der Waals surface area contributed by atoms with Gasteiger partial charge in [0.25, 0.3) is 5.91 Å². The summed E-state index contributed by atoms with van der Waals surface area (Å²) in [5.41, 5.74) is 1.27. The maximum Gasteiger partial charge on any atom is 0.276 e. The molecule has 0 fully saturated rings. The highest BCUT2D eigenvalue weighted by molar-refractivity contribution is 5.92. The number of benzene rings is 1. The quantitative estimate of drug-likeness (QED) is 0.887. The van der Waals surface area contributed by atoms with Crippen LogP contribution >= 0.6 is 0 Å². The second kappa shape index (κ2) is 6.15. The van der Waals surface area contributed by atoms with Crippen molar-refractivity contribution in [3.8, 4) is 0 Å². The van der Waals surface area contributed by atoms with Gasteiger partial charge in [0.2, 0.25) is 0 Å². The average molecular weight is 260 g/mol. The maximum atomic E-state index is 12.2. The highest BCUT2D eigenvalue weighted by Crippen LogP contribution is 2.10. The van der Waals surface area contributed by atoms with Gasteiger partial charge in [-0.25, -0.2) is 0 Å². The Kier molecular flexibility index (Phi) is 4.30. The third-order valence-corrected chi connectivity index (χ3v) is 2.72. The van der Waals surface area contributed by atoms with Crippen LogP contribution in [0, 0.1) is 6.92 Å². The van der Waals surface area contributed by atoms with Gasteiger partial charge in [-0.15, -0.1) is 0 Å². The number of hydrogen-bond donors (Lipinski definition) is 1. The molecule has 0 unspecified atom stereocenters. The first-order valence-corrected chi connectivity index (χ1v) is 6.08. The van der Waals surface area contributed by atoms with Gasteiger partial charge in [0.15, 0.2) is 5.69 Å². The molecular weight excluding hydrogens is 244 g/mol. The van der Waals surface area contributed by atoms with E-state index >= 15 is 0 Å². The van der Waals surface area contributed by atoms with Gasteiger partial charge in [0.1, 0.15) is 5.76 Å². The predicted molar refractivity (Wildman–Crippen MR) is 69.5 cm³/mol. The van der Waals surface area contributed by atoms with Crippen LogP contribution in [0.25, 0.3) is 0 Å². The summed E-state index contributed by atoms with van der Waals surface area (Å²) in [5.74, 6) is 0.349. The Hall–Kier alpha value is -2.14. The van der Waals surface area contributed by atoms with Gasteiger partial charge in [-0.2, -0.15) is 0 Å². The minimum atomic E-state index is -0.241. The average Bonchev–Trinajstić information content (AvgIpc) is 2.85. The molecule has 1 amide bonds. The van der Waals surface area contributed by atoms with E-state index in [-0.39, 0.29) is 24.8 Å².